The van der Waals surface area contributed by atoms with E-state index in [2.05, 4.69) is 20.9 Å². The molecule has 2 rings (SSSR count). The van der Waals surface area contributed by atoms with Crippen LogP contribution < -0.4 is 5.56 Å². The molecule has 0 radical (unpaired) electrons. The SMILES string of the molecule is O=c1c(Br)c(Cl)ncn1Cc1ccc(Cl)cc1. The molecule has 0 saturated carbocycles. The van der Waals surface area contributed by atoms with Crippen LogP contribution in [-0.2, 0) is 6.54 Å². The van der Waals surface area contributed by atoms with Gasteiger partial charge < -0.3 is 0 Å². The average Bonchev–Trinajstić information content (AvgIpc) is 2.33. The van der Waals surface area contributed by atoms with Crippen molar-refractivity contribution in [1.82, 2.24) is 9.55 Å². The van der Waals surface area contributed by atoms with Gasteiger partial charge in [0.15, 0.2) is 5.15 Å². The van der Waals surface area contributed by atoms with Crippen molar-refractivity contribution < 1.29 is 0 Å². The Labute approximate surface area is 116 Å². The Kier molecular flexibility index (Phi) is 3.86. The molecule has 1 aromatic carbocycles. The van der Waals surface area contributed by atoms with Crippen LogP contribution in [0.15, 0.2) is 39.9 Å². The molecular weight excluding hydrogens is 327 g/mol. The zero-order valence-electron chi connectivity index (χ0n) is 8.53. The number of hydrogen-bond donors (Lipinski definition) is 0. The molecular formula is C11H7BrCl2N2O. The van der Waals surface area contributed by atoms with Crippen molar-refractivity contribution in [2.24, 2.45) is 0 Å². The van der Waals surface area contributed by atoms with E-state index in [1.165, 1.54) is 10.9 Å². The van der Waals surface area contributed by atoms with Crippen LogP contribution in [0.1, 0.15) is 5.56 Å². The average molecular weight is 334 g/mol. The van der Waals surface area contributed by atoms with E-state index in [9.17, 15) is 4.79 Å². The van der Waals surface area contributed by atoms with Crippen LogP contribution in [0.3, 0.4) is 0 Å². The van der Waals surface area contributed by atoms with Crippen molar-refractivity contribution in [3.05, 3.63) is 61.2 Å². The fraction of sp³-hybridized carbons (Fsp3) is 0.0909. The highest BCUT2D eigenvalue weighted by Crippen LogP contribution is 2.14. The van der Waals surface area contributed by atoms with Gasteiger partial charge in [0.25, 0.3) is 5.56 Å². The van der Waals surface area contributed by atoms with Gasteiger partial charge in [-0.25, -0.2) is 4.98 Å². The molecule has 0 unspecified atom stereocenters. The van der Waals surface area contributed by atoms with E-state index in [0.717, 1.165) is 5.56 Å². The van der Waals surface area contributed by atoms with Gasteiger partial charge in [0.1, 0.15) is 4.47 Å². The van der Waals surface area contributed by atoms with Gasteiger partial charge in [-0.15, -0.1) is 0 Å². The van der Waals surface area contributed by atoms with Crippen molar-refractivity contribution in [1.29, 1.82) is 0 Å². The Bertz CT molecular complexity index is 595. The molecule has 0 N–H and O–H groups in total. The van der Waals surface area contributed by atoms with E-state index < -0.39 is 0 Å². The topological polar surface area (TPSA) is 34.9 Å². The minimum absolute atomic E-state index is 0.169. The van der Waals surface area contributed by atoms with Crippen molar-refractivity contribution in [2.45, 2.75) is 6.54 Å². The number of benzene rings is 1. The second-order valence-corrected chi connectivity index (χ2v) is 5.00. The molecule has 2 aromatic rings. The highest BCUT2D eigenvalue weighted by Gasteiger charge is 2.07. The summed E-state index contributed by atoms with van der Waals surface area (Å²) in [6, 6.07) is 7.27. The first-order valence-electron chi connectivity index (χ1n) is 4.73. The molecule has 88 valence electrons. The van der Waals surface area contributed by atoms with Crippen molar-refractivity contribution >= 4 is 39.1 Å². The van der Waals surface area contributed by atoms with Gasteiger partial charge in [0.05, 0.1) is 12.9 Å². The molecule has 0 bridgehead atoms. The molecule has 3 nitrogen and oxygen atoms in total. The number of rotatable bonds is 2. The highest BCUT2D eigenvalue weighted by molar-refractivity contribution is 9.10. The van der Waals surface area contributed by atoms with Crippen molar-refractivity contribution in [2.75, 3.05) is 0 Å². The zero-order chi connectivity index (χ0) is 12.4. The summed E-state index contributed by atoms with van der Waals surface area (Å²) in [6.45, 7) is 0.429. The lowest BCUT2D eigenvalue weighted by molar-refractivity contribution is 0.731. The normalized spacial score (nSPS) is 10.5. The predicted molar refractivity (Wildman–Crippen MR) is 71.8 cm³/mol. The number of nitrogens with zero attached hydrogens (tertiary/aromatic N) is 2. The van der Waals surface area contributed by atoms with Gasteiger partial charge in [-0.1, -0.05) is 35.3 Å². The third-order valence-electron chi connectivity index (χ3n) is 2.21. The molecule has 0 aliphatic rings. The lowest BCUT2D eigenvalue weighted by Gasteiger charge is -2.06. The van der Waals surface area contributed by atoms with E-state index in [1.54, 1.807) is 12.1 Å². The van der Waals surface area contributed by atoms with Crippen LogP contribution in [0.4, 0.5) is 0 Å². The molecule has 6 heteroatoms. The minimum atomic E-state index is -0.208. The summed E-state index contributed by atoms with van der Waals surface area (Å²) in [5.74, 6) is 0. The van der Waals surface area contributed by atoms with Crippen LogP contribution in [0.5, 0.6) is 0 Å². The molecule has 17 heavy (non-hydrogen) atoms. The van der Waals surface area contributed by atoms with Gasteiger partial charge in [-0.2, -0.15) is 0 Å². The van der Waals surface area contributed by atoms with E-state index in [-0.39, 0.29) is 15.2 Å². The molecule has 1 heterocycles. The lowest BCUT2D eigenvalue weighted by atomic mass is 10.2. The highest BCUT2D eigenvalue weighted by atomic mass is 79.9. The molecule has 0 aliphatic carbocycles. The molecule has 0 aliphatic heterocycles. The van der Waals surface area contributed by atoms with E-state index in [4.69, 9.17) is 23.2 Å². The molecule has 0 atom stereocenters. The Morgan fingerprint density at radius 1 is 1.24 bits per heavy atom. The third-order valence-corrected chi connectivity index (χ3v) is 3.69. The van der Waals surface area contributed by atoms with E-state index in [0.29, 0.717) is 11.6 Å². The quantitative estimate of drug-likeness (QED) is 0.790. The monoisotopic (exact) mass is 332 g/mol. The largest absolute Gasteiger partial charge is 0.294 e. The Morgan fingerprint density at radius 3 is 2.53 bits per heavy atom. The molecule has 1 aromatic heterocycles. The second-order valence-electron chi connectivity index (χ2n) is 3.41. The van der Waals surface area contributed by atoms with Crippen LogP contribution in [0.25, 0.3) is 0 Å². The summed E-state index contributed by atoms with van der Waals surface area (Å²) >= 11 is 14.6. The fourth-order valence-electron chi connectivity index (χ4n) is 1.34. The minimum Gasteiger partial charge on any atom is -0.294 e. The number of hydrogen-bond acceptors (Lipinski definition) is 2. The number of aromatic nitrogens is 2. The molecule has 0 fully saturated rings. The predicted octanol–water partition coefficient (Wildman–Crippen LogP) is 3.36. The summed E-state index contributed by atoms with van der Waals surface area (Å²) in [5.41, 5.74) is 0.757. The van der Waals surface area contributed by atoms with Gasteiger partial charge in [0, 0.05) is 5.02 Å². The van der Waals surface area contributed by atoms with Crippen LogP contribution in [0.2, 0.25) is 10.2 Å². The summed E-state index contributed by atoms with van der Waals surface area (Å²) in [5, 5.41) is 0.832. The standard InChI is InChI=1S/C11H7BrCl2N2O/c12-9-10(14)15-6-16(11(9)17)5-7-1-3-8(13)4-2-7/h1-4,6H,5H2. The number of halogens is 3. The Balaban J connectivity index is 2.34. The second kappa shape index (κ2) is 5.21. The van der Waals surface area contributed by atoms with Crippen LogP contribution in [0, 0.1) is 0 Å². The lowest BCUT2D eigenvalue weighted by Crippen LogP contribution is -2.21. The van der Waals surface area contributed by atoms with Gasteiger partial charge in [0.2, 0.25) is 0 Å². The first-order valence-corrected chi connectivity index (χ1v) is 6.27. The maximum absolute atomic E-state index is 11.8. The third kappa shape index (κ3) is 2.89. The summed E-state index contributed by atoms with van der Waals surface area (Å²) < 4.78 is 1.75. The van der Waals surface area contributed by atoms with Crippen LogP contribution >= 0.6 is 39.1 Å². The van der Waals surface area contributed by atoms with Gasteiger partial charge in [-0.05, 0) is 33.6 Å². The van der Waals surface area contributed by atoms with E-state index in [1.807, 2.05) is 12.1 Å². The Hall–Kier alpha value is -0.840. The summed E-state index contributed by atoms with van der Waals surface area (Å²) in [4.78, 5) is 15.7. The van der Waals surface area contributed by atoms with Gasteiger partial charge >= 0.3 is 0 Å². The molecule has 0 spiro atoms. The molecule has 0 saturated heterocycles. The maximum Gasteiger partial charge on any atom is 0.269 e. The summed E-state index contributed by atoms with van der Waals surface area (Å²) in [6.07, 6.45) is 1.42. The van der Waals surface area contributed by atoms with Crippen molar-refractivity contribution in [3.63, 3.8) is 0 Å². The molecule has 0 amide bonds. The van der Waals surface area contributed by atoms with Crippen molar-refractivity contribution in [3.8, 4) is 0 Å². The zero-order valence-corrected chi connectivity index (χ0v) is 11.6. The smallest absolute Gasteiger partial charge is 0.269 e. The fourth-order valence-corrected chi connectivity index (χ4v) is 1.92. The van der Waals surface area contributed by atoms with Gasteiger partial charge in [-0.3, -0.25) is 9.36 Å². The summed E-state index contributed by atoms with van der Waals surface area (Å²) in [7, 11) is 0. The van der Waals surface area contributed by atoms with Crippen LogP contribution in [-0.4, -0.2) is 9.55 Å². The first-order chi connectivity index (χ1) is 8.08. The first kappa shape index (κ1) is 12.6. The Morgan fingerprint density at radius 2 is 1.88 bits per heavy atom. The maximum atomic E-state index is 11.8. The van der Waals surface area contributed by atoms with E-state index >= 15 is 0 Å².